The molecule has 0 saturated heterocycles. The predicted octanol–water partition coefficient (Wildman–Crippen LogP) is 2.83. The minimum atomic E-state index is -4.94. The van der Waals surface area contributed by atoms with E-state index in [0.29, 0.717) is 23.1 Å². The van der Waals surface area contributed by atoms with E-state index in [1.54, 1.807) is 18.2 Å². The van der Waals surface area contributed by atoms with Crippen molar-refractivity contribution < 1.29 is 40.5 Å². The molecule has 38 heavy (non-hydrogen) atoms. The maximum Gasteiger partial charge on any atom is 0.433 e. The van der Waals surface area contributed by atoms with Crippen molar-refractivity contribution in [3.63, 3.8) is 0 Å². The molecule has 0 aliphatic rings. The largest absolute Gasteiger partial charge is 0.493 e. The molecule has 3 aromatic rings. The first-order chi connectivity index (χ1) is 18.0. The number of hydrogen-bond acceptors (Lipinski definition) is 9. The summed E-state index contributed by atoms with van der Waals surface area (Å²) in [6, 6.07) is 8.06. The van der Waals surface area contributed by atoms with Crippen molar-refractivity contribution in [2.24, 2.45) is 0 Å². The summed E-state index contributed by atoms with van der Waals surface area (Å²) in [6.45, 7) is 0.108. The molecule has 0 atom stereocenters. The second kappa shape index (κ2) is 12.4. The van der Waals surface area contributed by atoms with Gasteiger partial charge < -0.3 is 23.5 Å². The Morgan fingerprint density at radius 2 is 1.66 bits per heavy atom. The number of halogens is 3. The van der Waals surface area contributed by atoms with Gasteiger partial charge in [0.05, 0.1) is 52.0 Å². The second-order valence-corrected chi connectivity index (χ2v) is 9.92. The highest BCUT2D eigenvalue weighted by atomic mass is 32.2. The van der Waals surface area contributed by atoms with Crippen LogP contribution >= 0.6 is 0 Å². The minimum Gasteiger partial charge on any atom is -0.493 e. The zero-order valence-corrected chi connectivity index (χ0v) is 21.6. The summed E-state index contributed by atoms with van der Waals surface area (Å²) >= 11 is 0. The quantitative estimate of drug-likeness (QED) is 0.245. The monoisotopic (exact) mass is 557 g/mol. The van der Waals surface area contributed by atoms with E-state index in [2.05, 4.69) is 9.97 Å². The number of methoxy groups -OCH3 is 3. The van der Waals surface area contributed by atoms with Crippen LogP contribution in [0.5, 0.6) is 11.5 Å². The van der Waals surface area contributed by atoms with Crippen LogP contribution in [-0.2, 0) is 32.0 Å². The van der Waals surface area contributed by atoms with Crippen molar-refractivity contribution in [3.05, 3.63) is 64.2 Å². The number of hydrogen-bond donors (Lipinski definition) is 0. The van der Waals surface area contributed by atoms with Crippen molar-refractivity contribution in [1.82, 2.24) is 14.5 Å². The number of pyridine rings is 1. The molecule has 2 heterocycles. The summed E-state index contributed by atoms with van der Waals surface area (Å²) in [5.74, 6) is 0.285. The molecular formula is C24H26F3N3O7S. The Balaban J connectivity index is 1.99. The molecule has 2 aromatic heterocycles. The van der Waals surface area contributed by atoms with Gasteiger partial charge >= 0.3 is 6.18 Å². The van der Waals surface area contributed by atoms with E-state index in [-0.39, 0.29) is 37.6 Å². The standard InChI is InChI=1S/C24H26F3N3O7S/c1-34-8-9-37-10-11-38(32,33)23-28-18(13-21(29-23)24(25,26)27)17-5-7-22(31)30(15-17)14-16-4-6-19(35-2)20(12-16)36-3/h4-7,12-13,15H,8-11,14H2,1-3H3. The fourth-order valence-corrected chi connectivity index (χ4v) is 4.34. The zero-order chi connectivity index (χ0) is 27.9. The van der Waals surface area contributed by atoms with Gasteiger partial charge in [0.2, 0.25) is 15.0 Å². The van der Waals surface area contributed by atoms with Crippen LogP contribution in [0.1, 0.15) is 11.3 Å². The highest BCUT2D eigenvalue weighted by Gasteiger charge is 2.35. The van der Waals surface area contributed by atoms with Crippen LogP contribution in [0.15, 0.2) is 52.5 Å². The van der Waals surface area contributed by atoms with Crippen molar-refractivity contribution in [1.29, 1.82) is 0 Å². The van der Waals surface area contributed by atoms with Crippen LogP contribution in [0, 0.1) is 0 Å². The van der Waals surface area contributed by atoms with Crippen LogP contribution in [0.4, 0.5) is 13.2 Å². The number of ether oxygens (including phenoxy) is 4. The van der Waals surface area contributed by atoms with Crippen LogP contribution in [0.3, 0.4) is 0 Å². The van der Waals surface area contributed by atoms with Gasteiger partial charge in [-0.15, -0.1) is 0 Å². The molecule has 3 rings (SSSR count). The van der Waals surface area contributed by atoms with Crippen molar-refractivity contribution in [3.8, 4) is 22.8 Å². The molecule has 0 aliphatic heterocycles. The summed E-state index contributed by atoms with van der Waals surface area (Å²) in [5, 5.41) is -0.990. The summed E-state index contributed by atoms with van der Waals surface area (Å²) in [7, 11) is 0.0503. The number of aromatic nitrogens is 3. The molecule has 0 amide bonds. The predicted molar refractivity (Wildman–Crippen MR) is 130 cm³/mol. The first-order valence-corrected chi connectivity index (χ1v) is 12.8. The van der Waals surface area contributed by atoms with Gasteiger partial charge in [0.15, 0.2) is 11.5 Å². The lowest BCUT2D eigenvalue weighted by Gasteiger charge is -2.13. The maximum atomic E-state index is 13.6. The highest BCUT2D eigenvalue weighted by Crippen LogP contribution is 2.31. The van der Waals surface area contributed by atoms with Gasteiger partial charge in [-0.05, 0) is 29.8 Å². The topological polar surface area (TPSA) is 119 Å². The van der Waals surface area contributed by atoms with Crippen molar-refractivity contribution >= 4 is 9.84 Å². The SMILES string of the molecule is COCCOCCS(=O)(=O)c1nc(-c2ccc(=O)n(Cc3ccc(OC)c(OC)c3)c2)cc(C(F)(F)F)n1. The third kappa shape index (κ3) is 7.30. The number of sulfone groups is 1. The Morgan fingerprint density at radius 3 is 2.32 bits per heavy atom. The van der Waals surface area contributed by atoms with Gasteiger partial charge in [-0.2, -0.15) is 13.2 Å². The maximum absolute atomic E-state index is 13.6. The first-order valence-electron chi connectivity index (χ1n) is 11.2. The molecule has 0 spiro atoms. The number of benzene rings is 1. The van der Waals surface area contributed by atoms with Gasteiger partial charge in [0.1, 0.15) is 5.69 Å². The third-order valence-electron chi connectivity index (χ3n) is 5.28. The molecule has 0 saturated carbocycles. The van der Waals surface area contributed by atoms with Gasteiger partial charge in [0, 0.05) is 24.9 Å². The minimum absolute atomic E-state index is 0.0498. The second-order valence-electron chi connectivity index (χ2n) is 7.92. The van der Waals surface area contributed by atoms with E-state index >= 15 is 0 Å². The number of rotatable bonds is 12. The van der Waals surface area contributed by atoms with E-state index in [1.165, 1.54) is 38.2 Å². The molecular weight excluding hydrogens is 531 g/mol. The summed E-state index contributed by atoms with van der Waals surface area (Å²) < 4.78 is 87.9. The van der Waals surface area contributed by atoms with E-state index in [9.17, 15) is 26.4 Å². The van der Waals surface area contributed by atoms with Crippen LogP contribution in [0.25, 0.3) is 11.3 Å². The molecule has 0 radical (unpaired) electrons. The Morgan fingerprint density at radius 1 is 0.921 bits per heavy atom. The van der Waals surface area contributed by atoms with Gasteiger partial charge in [-0.3, -0.25) is 4.79 Å². The molecule has 0 N–H and O–H groups in total. The van der Waals surface area contributed by atoms with Gasteiger partial charge in [0.25, 0.3) is 5.56 Å². The van der Waals surface area contributed by atoms with Crippen LogP contribution in [-0.4, -0.2) is 69.9 Å². The zero-order valence-electron chi connectivity index (χ0n) is 20.8. The Bertz CT molecular complexity index is 1430. The molecule has 206 valence electrons. The Labute approximate surface area is 216 Å². The molecule has 1 aromatic carbocycles. The average Bonchev–Trinajstić information content (AvgIpc) is 2.89. The molecule has 10 nitrogen and oxygen atoms in total. The lowest BCUT2D eigenvalue weighted by Crippen LogP contribution is -2.21. The molecule has 0 aliphatic carbocycles. The number of nitrogens with zero attached hydrogens (tertiary/aromatic N) is 3. The first kappa shape index (κ1) is 29.1. The lowest BCUT2D eigenvalue weighted by molar-refractivity contribution is -0.141. The average molecular weight is 558 g/mol. The van der Waals surface area contributed by atoms with Gasteiger partial charge in [-0.25, -0.2) is 18.4 Å². The lowest BCUT2D eigenvalue weighted by atomic mass is 10.1. The van der Waals surface area contributed by atoms with E-state index in [4.69, 9.17) is 18.9 Å². The van der Waals surface area contributed by atoms with E-state index in [1.807, 2.05) is 0 Å². The Hall–Kier alpha value is -3.49. The molecule has 0 fully saturated rings. The van der Waals surface area contributed by atoms with E-state index < -0.39 is 38.2 Å². The Kier molecular flexibility index (Phi) is 9.46. The summed E-state index contributed by atoms with van der Waals surface area (Å²) in [6.07, 6.45) is -3.64. The van der Waals surface area contributed by atoms with Crippen LogP contribution < -0.4 is 15.0 Å². The van der Waals surface area contributed by atoms with E-state index in [0.717, 1.165) is 6.07 Å². The smallest absolute Gasteiger partial charge is 0.433 e. The number of alkyl halides is 3. The highest BCUT2D eigenvalue weighted by molar-refractivity contribution is 7.91. The van der Waals surface area contributed by atoms with Crippen LogP contribution in [0.2, 0.25) is 0 Å². The fourth-order valence-electron chi connectivity index (χ4n) is 3.34. The fraction of sp³-hybridized carbons (Fsp3) is 0.375. The molecule has 0 bridgehead atoms. The normalized spacial score (nSPS) is 11.9. The van der Waals surface area contributed by atoms with Crippen molar-refractivity contribution in [2.45, 2.75) is 17.9 Å². The summed E-state index contributed by atoms with van der Waals surface area (Å²) in [4.78, 5) is 19.7. The molecule has 14 heteroatoms. The third-order valence-corrected chi connectivity index (χ3v) is 6.73. The van der Waals surface area contributed by atoms with Gasteiger partial charge in [-0.1, -0.05) is 6.07 Å². The van der Waals surface area contributed by atoms with Crippen molar-refractivity contribution in [2.75, 3.05) is 46.9 Å². The molecule has 0 unspecified atom stereocenters. The summed E-state index contributed by atoms with van der Waals surface area (Å²) in [5.41, 5.74) is -1.44.